The van der Waals surface area contributed by atoms with E-state index in [1.165, 1.54) is 12.1 Å². The summed E-state index contributed by atoms with van der Waals surface area (Å²) in [6.07, 6.45) is 1.45. The van der Waals surface area contributed by atoms with E-state index in [1.807, 2.05) is 24.3 Å². The lowest BCUT2D eigenvalue weighted by molar-refractivity contribution is -0.387. The van der Waals surface area contributed by atoms with E-state index < -0.39 is 20.6 Å². The Labute approximate surface area is 164 Å². The Morgan fingerprint density at radius 2 is 1.96 bits per heavy atom. The van der Waals surface area contributed by atoms with E-state index in [2.05, 4.69) is 9.62 Å². The fourth-order valence-corrected chi connectivity index (χ4v) is 5.25. The number of nitrogens with zero attached hydrogens (tertiary/aromatic N) is 2. The second-order valence-corrected chi connectivity index (χ2v) is 8.41. The molecule has 1 saturated heterocycles. The Balaban J connectivity index is 1.85. The molecule has 0 saturated carbocycles. The van der Waals surface area contributed by atoms with Gasteiger partial charge in [0.15, 0.2) is 4.90 Å². The standard InChI is InChI=1S/C19H23N3O5S/c1-14-7-5-10-17(22(23)24)19(14)28(25,26)20-15-8-6-12-21(13-15)16-9-3-4-11-18(16)27-2/h3-5,7,9-11,15,20H,6,8,12-13H2,1-2H3. The summed E-state index contributed by atoms with van der Waals surface area (Å²) in [4.78, 5) is 12.5. The number of sulfonamides is 1. The van der Waals surface area contributed by atoms with Gasteiger partial charge in [0.25, 0.3) is 5.69 Å². The average Bonchev–Trinajstić information content (AvgIpc) is 2.67. The summed E-state index contributed by atoms with van der Waals surface area (Å²) in [5, 5.41) is 11.3. The zero-order valence-corrected chi connectivity index (χ0v) is 16.6. The molecule has 0 aliphatic carbocycles. The van der Waals surface area contributed by atoms with Gasteiger partial charge in [-0.25, -0.2) is 13.1 Å². The highest BCUT2D eigenvalue weighted by molar-refractivity contribution is 7.89. The topological polar surface area (TPSA) is 102 Å². The van der Waals surface area contributed by atoms with Gasteiger partial charge in [-0.2, -0.15) is 0 Å². The summed E-state index contributed by atoms with van der Waals surface area (Å²) < 4.78 is 34.0. The monoisotopic (exact) mass is 405 g/mol. The van der Waals surface area contributed by atoms with E-state index in [-0.39, 0.29) is 10.9 Å². The lowest BCUT2D eigenvalue weighted by atomic mass is 10.1. The highest BCUT2D eigenvalue weighted by Gasteiger charge is 2.32. The molecule has 2 aromatic carbocycles. The van der Waals surface area contributed by atoms with Gasteiger partial charge in [-0.3, -0.25) is 10.1 Å². The van der Waals surface area contributed by atoms with Crippen LogP contribution in [0.2, 0.25) is 0 Å². The molecule has 1 aliphatic heterocycles. The second-order valence-electron chi connectivity index (χ2n) is 6.76. The number of rotatable bonds is 6. The molecule has 9 heteroatoms. The van der Waals surface area contributed by atoms with Crippen molar-refractivity contribution in [3.05, 3.63) is 58.1 Å². The van der Waals surface area contributed by atoms with Crippen molar-refractivity contribution in [2.45, 2.75) is 30.7 Å². The van der Waals surface area contributed by atoms with E-state index >= 15 is 0 Å². The van der Waals surface area contributed by atoms with Crippen molar-refractivity contribution in [1.29, 1.82) is 0 Å². The average molecular weight is 405 g/mol. The molecule has 1 N–H and O–H groups in total. The van der Waals surface area contributed by atoms with Crippen LogP contribution in [0.5, 0.6) is 5.75 Å². The zero-order chi connectivity index (χ0) is 20.3. The van der Waals surface area contributed by atoms with Crippen LogP contribution in [0.3, 0.4) is 0 Å². The molecule has 1 heterocycles. The molecule has 1 unspecified atom stereocenters. The second kappa shape index (κ2) is 8.15. The maximum Gasteiger partial charge on any atom is 0.289 e. The smallest absolute Gasteiger partial charge is 0.289 e. The minimum atomic E-state index is -4.04. The number of anilines is 1. The lowest BCUT2D eigenvalue weighted by Crippen LogP contribution is -2.48. The zero-order valence-electron chi connectivity index (χ0n) is 15.8. The molecule has 0 aromatic heterocycles. The Kier molecular flexibility index (Phi) is 5.85. The number of methoxy groups -OCH3 is 1. The van der Waals surface area contributed by atoms with E-state index in [1.54, 1.807) is 20.1 Å². The van der Waals surface area contributed by atoms with Gasteiger partial charge in [0.1, 0.15) is 5.75 Å². The van der Waals surface area contributed by atoms with Gasteiger partial charge in [-0.15, -0.1) is 0 Å². The van der Waals surface area contributed by atoms with Crippen molar-refractivity contribution in [2.75, 3.05) is 25.1 Å². The van der Waals surface area contributed by atoms with Crippen LogP contribution < -0.4 is 14.4 Å². The summed E-state index contributed by atoms with van der Waals surface area (Å²) in [6.45, 7) is 2.80. The molecule has 0 radical (unpaired) electrons. The van der Waals surface area contributed by atoms with Gasteiger partial charge in [-0.1, -0.05) is 24.3 Å². The van der Waals surface area contributed by atoms with E-state index in [9.17, 15) is 18.5 Å². The molecule has 1 fully saturated rings. The van der Waals surface area contributed by atoms with Crippen molar-refractivity contribution < 1.29 is 18.1 Å². The van der Waals surface area contributed by atoms with Crippen molar-refractivity contribution in [3.63, 3.8) is 0 Å². The van der Waals surface area contributed by atoms with Gasteiger partial charge >= 0.3 is 0 Å². The quantitative estimate of drug-likeness (QED) is 0.586. The number of nitro benzene ring substituents is 1. The molecule has 0 amide bonds. The van der Waals surface area contributed by atoms with E-state index in [4.69, 9.17) is 4.74 Å². The van der Waals surface area contributed by atoms with Crippen LogP contribution in [0.1, 0.15) is 18.4 Å². The summed E-state index contributed by atoms with van der Waals surface area (Å²) in [7, 11) is -2.44. The molecule has 8 nitrogen and oxygen atoms in total. The summed E-state index contributed by atoms with van der Waals surface area (Å²) in [5.41, 5.74) is 0.833. The molecule has 1 aliphatic rings. The predicted molar refractivity (Wildman–Crippen MR) is 106 cm³/mol. The number of benzene rings is 2. The molecular weight excluding hydrogens is 382 g/mol. The number of piperidine rings is 1. The first-order chi connectivity index (χ1) is 13.3. The highest BCUT2D eigenvalue weighted by Crippen LogP contribution is 2.31. The SMILES string of the molecule is COc1ccccc1N1CCCC(NS(=O)(=O)c2c(C)cccc2[N+](=O)[O-])C1. The number of para-hydroxylation sites is 2. The lowest BCUT2D eigenvalue weighted by Gasteiger charge is -2.35. The molecular formula is C19H23N3O5S. The summed E-state index contributed by atoms with van der Waals surface area (Å²) in [6, 6.07) is 11.5. The molecule has 150 valence electrons. The van der Waals surface area contributed by atoms with Crippen LogP contribution in [0.25, 0.3) is 0 Å². The molecule has 0 bridgehead atoms. The first-order valence-corrected chi connectivity index (χ1v) is 10.5. The van der Waals surface area contributed by atoms with Crippen LogP contribution in [0.15, 0.2) is 47.4 Å². The van der Waals surface area contributed by atoms with Crippen LogP contribution >= 0.6 is 0 Å². The largest absolute Gasteiger partial charge is 0.495 e. The van der Waals surface area contributed by atoms with Crippen molar-refractivity contribution in [1.82, 2.24) is 4.72 Å². The van der Waals surface area contributed by atoms with Gasteiger partial charge in [0, 0.05) is 25.2 Å². The normalized spacial score (nSPS) is 17.4. The first-order valence-electron chi connectivity index (χ1n) is 8.98. The minimum Gasteiger partial charge on any atom is -0.495 e. The molecule has 0 spiro atoms. The predicted octanol–water partition coefficient (Wildman–Crippen LogP) is 2.86. The minimum absolute atomic E-state index is 0.269. The third kappa shape index (κ3) is 4.10. The van der Waals surface area contributed by atoms with E-state index in [0.29, 0.717) is 18.5 Å². The fourth-order valence-electron chi connectivity index (χ4n) is 3.59. The summed E-state index contributed by atoms with van der Waals surface area (Å²) >= 11 is 0. The number of aryl methyl sites for hydroxylation is 1. The number of hydrogen-bond donors (Lipinski definition) is 1. The molecule has 2 aromatic rings. The number of ether oxygens (including phenoxy) is 1. The maximum absolute atomic E-state index is 13.0. The number of nitro groups is 1. The van der Waals surface area contributed by atoms with Crippen molar-refractivity contribution in [3.8, 4) is 5.75 Å². The first kappa shape index (κ1) is 20.1. The number of nitrogens with one attached hydrogen (secondary N) is 1. The Hall–Kier alpha value is -2.65. The maximum atomic E-state index is 13.0. The van der Waals surface area contributed by atoms with Gasteiger partial charge in [-0.05, 0) is 37.5 Å². The Bertz CT molecular complexity index is 977. The number of hydrogen-bond acceptors (Lipinski definition) is 6. The fraction of sp³-hybridized carbons (Fsp3) is 0.368. The van der Waals surface area contributed by atoms with Crippen LogP contribution in [0, 0.1) is 17.0 Å². The summed E-state index contributed by atoms with van der Waals surface area (Å²) in [5.74, 6) is 0.723. The van der Waals surface area contributed by atoms with E-state index in [0.717, 1.165) is 24.4 Å². The van der Waals surface area contributed by atoms with Crippen molar-refractivity contribution >= 4 is 21.4 Å². The Morgan fingerprint density at radius 1 is 1.21 bits per heavy atom. The van der Waals surface area contributed by atoms with Gasteiger partial charge in [0.2, 0.25) is 10.0 Å². The van der Waals surface area contributed by atoms with Crippen LogP contribution in [-0.2, 0) is 10.0 Å². The van der Waals surface area contributed by atoms with Crippen LogP contribution in [0.4, 0.5) is 11.4 Å². The third-order valence-electron chi connectivity index (χ3n) is 4.83. The van der Waals surface area contributed by atoms with Crippen molar-refractivity contribution in [2.24, 2.45) is 0 Å². The molecule has 1 atom stereocenters. The van der Waals surface area contributed by atoms with Gasteiger partial charge < -0.3 is 9.64 Å². The molecule has 28 heavy (non-hydrogen) atoms. The third-order valence-corrected chi connectivity index (χ3v) is 6.54. The molecule has 3 rings (SSSR count). The Morgan fingerprint density at radius 3 is 2.68 bits per heavy atom. The highest BCUT2D eigenvalue weighted by atomic mass is 32.2. The van der Waals surface area contributed by atoms with Crippen LogP contribution in [-0.4, -0.2) is 39.6 Å². The van der Waals surface area contributed by atoms with Gasteiger partial charge in [0.05, 0.1) is 17.7 Å².